The molecule has 0 spiro atoms. The minimum absolute atomic E-state index is 0.682. The van der Waals surface area contributed by atoms with Crippen LogP contribution in [0.1, 0.15) is 32.3 Å². The van der Waals surface area contributed by atoms with E-state index in [1.54, 1.807) is 0 Å². The second-order valence-electron chi connectivity index (χ2n) is 5.60. The first kappa shape index (κ1) is 13.6. The van der Waals surface area contributed by atoms with Crippen LogP contribution in [0, 0.1) is 0 Å². The van der Waals surface area contributed by atoms with E-state index < -0.39 is 0 Å². The van der Waals surface area contributed by atoms with Crippen LogP contribution >= 0.6 is 0 Å². The highest BCUT2D eigenvalue weighted by atomic mass is 15.2. The van der Waals surface area contributed by atoms with E-state index in [0.717, 1.165) is 6.54 Å². The average Bonchev–Trinajstić information content (AvgIpc) is 2.34. The topological polar surface area (TPSA) is 6.48 Å². The molecule has 0 saturated carbocycles. The number of hydrogen-bond donors (Lipinski definition) is 0. The molecule has 1 saturated heterocycles. The molecule has 1 aliphatic rings. The maximum Gasteiger partial charge on any atom is 0.0234 e. The van der Waals surface area contributed by atoms with Gasteiger partial charge in [0.2, 0.25) is 0 Å². The van der Waals surface area contributed by atoms with Crippen molar-refractivity contribution >= 4 is 0 Å². The van der Waals surface area contributed by atoms with Crippen molar-refractivity contribution in [2.75, 3.05) is 26.2 Å². The number of benzene rings is 1. The Kier molecular flexibility index (Phi) is 5.21. The largest absolute Gasteiger partial charge is 0.300 e. The highest BCUT2D eigenvalue weighted by Gasteiger charge is 2.15. The zero-order valence-electron chi connectivity index (χ0n) is 11.8. The summed E-state index contributed by atoms with van der Waals surface area (Å²) in [4.78, 5) is 5.21. The molecule has 0 N–H and O–H groups in total. The van der Waals surface area contributed by atoms with Gasteiger partial charge in [0.25, 0.3) is 0 Å². The fraction of sp³-hybridized carbons (Fsp3) is 0.625. The van der Waals surface area contributed by atoms with Crippen LogP contribution in [-0.2, 0) is 6.54 Å². The minimum Gasteiger partial charge on any atom is -0.300 e. The smallest absolute Gasteiger partial charge is 0.0234 e. The first-order chi connectivity index (χ1) is 8.75. The quantitative estimate of drug-likeness (QED) is 0.809. The molecule has 0 unspecified atom stereocenters. The number of nitrogens with zero attached hydrogens (tertiary/aromatic N) is 2. The summed E-state index contributed by atoms with van der Waals surface area (Å²) in [7, 11) is 0. The summed E-state index contributed by atoms with van der Waals surface area (Å²) in [6.07, 6.45) is 2.67. The van der Waals surface area contributed by atoms with Gasteiger partial charge in [-0.2, -0.15) is 0 Å². The molecule has 0 amide bonds. The van der Waals surface area contributed by atoms with Crippen molar-refractivity contribution in [2.45, 2.75) is 39.3 Å². The van der Waals surface area contributed by atoms with Gasteiger partial charge in [-0.25, -0.2) is 0 Å². The molecule has 1 heterocycles. The van der Waals surface area contributed by atoms with Crippen molar-refractivity contribution in [3.05, 3.63) is 35.9 Å². The first-order valence-electron chi connectivity index (χ1n) is 7.26. The van der Waals surface area contributed by atoms with Crippen LogP contribution in [0.2, 0.25) is 0 Å². The maximum atomic E-state index is 2.61. The standard InChI is InChI=1S/C16H26N2/c1-15(2)18-11-7-6-10-17(12-13-18)14-16-8-4-3-5-9-16/h3-5,8-9,15H,6-7,10-14H2,1-2H3. The summed E-state index contributed by atoms with van der Waals surface area (Å²) >= 11 is 0. The minimum atomic E-state index is 0.682. The van der Waals surface area contributed by atoms with Crippen LogP contribution in [0.25, 0.3) is 0 Å². The van der Waals surface area contributed by atoms with Crippen LogP contribution in [0.4, 0.5) is 0 Å². The van der Waals surface area contributed by atoms with Gasteiger partial charge in [0.05, 0.1) is 0 Å². The third-order valence-corrected chi connectivity index (χ3v) is 3.85. The summed E-state index contributed by atoms with van der Waals surface area (Å²) in [5.41, 5.74) is 1.44. The lowest BCUT2D eigenvalue weighted by Crippen LogP contribution is -2.41. The van der Waals surface area contributed by atoms with Crippen LogP contribution < -0.4 is 0 Å². The molecule has 0 atom stereocenters. The second-order valence-corrected chi connectivity index (χ2v) is 5.60. The Morgan fingerprint density at radius 1 is 0.944 bits per heavy atom. The summed E-state index contributed by atoms with van der Waals surface area (Å²) in [5.74, 6) is 0. The van der Waals surface area contributed by atoms with E-state index in [2.05, 4.69) is 54.0 Å². The van der Waals surface area contributed by atoms with E-state index in [0.29, 0.717) is 6.04 Å². The molecule has 1 aromatic carbocycles. The Labute approximate surface area is 112 Å². The van der Waals surface area contributed by atoms with E-state index in [-0.39, 0.29) is 0 Å². The van der Waals surface area contributed by atoms with Gasteiger partial charge in [-0.3, -0.25) is 9.80 Å². The van der Waals surface area contributed by atoms with Crippen LogP contribution in [0.5, 0.6) is 0 Å². The Morgan fingerprint density at radius 2 is 1.67 bits per heavy atom. The van der Waals surface area contributed by atoms with Gasteiger partial charge in [-0.05, 0) is 45.3 Å². The lowest BCUT2D eigenvalue weighted by Gasteiger charge is -2.33. The third kappa shape index (κ3) is 4.11. The molecule has 0 aromatic heterocycles. The normalized spacial score (nSPS) is 19.7. The highest BCUT2D eigenvalue weighted by molar-refractivity contribution is 5.14. The second kappa shape index (κ2) is 6.91. The van der Waals surface area contributed by atoms with Gasteiger partial charge < -0.3 is 0 Å². The van der Waals surface area contributed by atoms with E-state index in [1.165, 1.54) is 44.6 Å². The van der Waals surface area contributed by atoms with Gasteiger partial charge in [0.15, 0.2) is 0 Å². The van der Waals surface area contributed by atoms with Crippen LogP contribution in [0.15, 0.2) is 30.3 Å². The van der Waals surface area contributed by atoms with Gasteiger partial charge in [-0.15, -0.1) is 0 Å². The fourth-order valence-corrected chi connectivity index (χ4v) is 2.66. The monoisotopic (exact) mass is 246 g/mol. The Bertz CT molecular complexity index is 334. The summed E-state index contributed by atoms with van der Waals surface area (Å²) in [6, 6.07) is 11.5. The number of rotatable bonds is 3. The first-order valence-corrected chi connectivity index (χ1v) is 7.26. The molecule has 2 rings (SSSR count). The highest BCUT2D eigenvalue weighted by Crippen LogP contribution is 2.10. The van der Waals surface area contributed by atoms with Gasteiger partial charge in [0.1, 0.15) is 0 Å². The van der Waals surface area contributed by atoms with E-state index >= 15 is 0 Å². The zero-order chi connectivity index (χ0) is 12.8. The molecule has 1 aliphatic heterocycles. The zero-order valence-corrected chi connectivity index (χ0v) is 11.8. The molecule has 2 nitrogen and oxygen atoms in total. The van der Waals surface area contributed by atoms with Crippen molar-refractivity contribution in [1.29, 1.82) is 0 Å². The molecule has 0 radical (unpaired) electrons. The summed E-state index contributed by atoms with van der Waals surface area (Å²) in [5, 5.41) is 0. The average molecular weight is 246 g/mol. The van der Waals surface area contributed by atoms with E-state index in [4.69, 9.17) is 0 Å². The fourth-order valence-electron chi connectivity index (χ4n) is 2.66. The third-order valence-electron chi connectivity index (χ3n) is 3.85. The molecule has 0 bridgehead atoms. The Hall–Kier alpha value is -0.860. The lowest BCUT2D eigenvalue weighted by atomic mass is 10.1. The van der Waals surface area contributed by atoms with Crippen molar-refractivity contribution in [2.24, 2.45) is 0 Å². The summed E-state index contributed by atoms with van der Waals surface area (Å²) < 4.78 is 0. The summed E-state index contributed by atoms with van der Waals surface area (Å²) in [6.45, 7) is 10.7. The lowest BCUT2D eigenvalue weighted by molar-refractivity contribution is 0.145. The van der Waals surface area contributed by atoms with Crippen LogP contribution in [0.3, 0.4) is 0 Å². The van der Waals surface area contributed by atoms with Crippen LogP contribution in [-0.4, -0.2) is 42.0 Å². The van der Waals surface area contributed by atoms with E-state index in [9.17, 15) is 0 Å². The Balaban J connectivity index is 1.88. The molecular formula is C16H26N2. The predicted molar refractivity (Wildman–Crippen MR) is 77.7 cm³/mol. The van der Waals surface area contributed by atoms with Crippen molar-refractivity contribution < 1.29 is 0 Å². The molecule has 2 heteroatoms. The molecule has 18 heavy (non-hydrogen) atoms. The Morgan fingerprint density at radius 3 is 2.39 bits per heavy atom. The molecule has 1 fully saturated rings. The predicted octanol–water partition coefficient (Wildman–Crippen LogP) is 2.99. The van der Waals surface area contributed by atoms with Crippen molar-refractivity contribution in [3.63, 3.8) is 0 Å². The van der Waals surface area contributed by atoms with Crippen molar-refractivity contribution in [1.82, 2.24) is 9.80 Å². The van der Waals surface area contributed by atoms with Gasteiger partial charge >= 0.3 is 0 Å². The SMILES string of the molecule is CC(C)N1CCCCN(Cc2ccccc2)CC1. The van der Waals surface area contributed by atoms with E-state index in [1.807, 2.05) is 0 Å². The molecule has 0 aliphatic carbocycles. The molecule has 100 valence electrons. The van der Waals surface area contributed by atoms with Gasteiger partial charge in [0, 0.05) is 25.7 Å². The van der Waals surface area contributed by atoms with Gasteiger partial charge in [-0.1, -0.05) is 30.3 Å². The molecule has 1 aromatic rings. The molecular weight excluding hydrogens is 220 g/mol. The maximum absolute atomic E-state index is 2.61. The van der Waals surface area contributed by atoms with Crippen molar-refractivity contribution in [3.8, 4) is 0 Å². The number of hydrogen-bond acceptors (Lipinski definition) is 2.